The van der Waals surface area contributed by atoms with Gasteiger partial charge in [0.25, 0.3) is 0 Å². The van der Waals surface area contributed by atoms with E-state index in [-0.39, 0.29) is 55.0 Å². The van der Waals surface area contributed by atoms with Gasteiger partial charge in [0.15, 0.2) is 0 Å². The van der Waals surface area contributed by atoms with Crippen LogP contribution in [0.3, 0.4) is 0 Å². The average Bonchev–Trinajstić information content (AvgIpc) is 1.72. The molecule has 90 heavy (non-hydrogen) atoms. The van der Waals surface area contributed by atoms with Crippen molar-refractivity contribution >= 4 is 29.4 Å². The monoisotopic (exact) mass is 1260 g/mol. The molecule has 0 fully saturated rings. The number of rotatable bonds is 3. The summed E-state index contributed by atoms with van der Waals surface area (Å²) in [6, 6.07) is 62.5. The summed E-state index contributed by atoms with van der Waals surface area (Å²) in [7, 11) is 0. The molecule has 8 rings (SSSR count). The van der Waals surface area contributed by atoms with Crippen LogP contribution in [-0.4, -0.2) is 11.2 Å². The smallest absolute Gasteiger partial charge is 0.126 e. The first-order valence-corrected chi connectivity index (χ1v) is 33.6. The number of benzene rings is 7. The summed E-state index contributed by atoms with van der Waals surface area (Å²) in [4.78, 5) is 5.60. The van der Waals surface area contributed by atoms with E-state index in [2.05, 4.69) is 286 Å². The van der Waals surface area contributed by atoms with Gasteiger partial charge in [-0.05, 0) is 162 Å². The van der Waals surface area contributed by atoms with Gasteiger partial charge in [-0.15, -0.1) is 11.8 Å². The number of halogens is 3. The van der Waals surface area contributed by atoms with E-state index < -0.39 is 0 Å². The Hall–Kier alpha value is -6.07. The Balaban J connectivity index is 0.000000515. The number of thioether (sulfide) groups is 1. The number of pyridine rings is 1. The molecule has 0 amide bonds. The molecule has 0 aliphatic rings. The van der Waals surface area contributed by atoms with Gasteiger partial charge in [-0.2, -0.15) is 0 Å². The van der Waals surface area contributed by atoms with Crippen molar-refractivity contribution in [1.82, 2.24) is 4.98 Å². The van der Waals surface area contributed by atoms with E-state index in [4.69, 9.17) is 11.6 Å². The molecule has 0 saturated heterocycles. The number of hydrogen-bond acceptors (Lipinski definition) is 2. The Morgan fingerprint density at radius 1 is 0.411 bits per heavy atom. The summed E-state index contributed by atoms with van der Waals surface area (Å²) in [5.41, 5.74) is 15.2. The fourth-order valence-electron chi connectivity index (χ4n) is 8.38. The molecule has 0 saturated carbocycles. The van der Waals surface area contributed by atoms with Crippen molar-refractivity contribution in [3.8, 4) is 0 Å². The van der Waals surface area contributed by atoms with E-state index in [9.17, 15) is 8.78 Å². The molecular weight excluding hydrogens is 1140 g/mol. The van der Waals surface area contributed by atoms with Crippen molar-refractivity contribution in [2.75, 3.05) is 6.26 Å². The standard InChI is InChI=1S/C12H18.C12H16.C11H16S.C11H16.C10H13Cl.2C10H13F.C9H13N/c2*1-5-10-7-6-8-11(9-10)12(2,3)4;1-11(2,3)9-6-5-7-10(8-9)12-4;1-9-6-5-7-10(8-9)11(2,3)4;2*1-10(2,3)8-5-4-6-9(11)7-8;1-10(2,3)8-6-4-5-7-9(8)11;1-9(2,3)8-6-4-5-7-10-8/h6-9H,5H2,1-4H3;5-9H,1H2,2-4H3;5-8H,1-4H3;5-8H,1-4H3;3*4-7H,1-3H3;4-7H,1-3H3. The highest BCUT2D eigenvalue weighted by atomic mass is 35.5. The highest BCUT2D eigenvalue weighted by molar-refractivity contribution is 7.98. The van der Waals surface area contributed by atoms with Gasteiger partial charge in [0, 0.05) is 27.2 Å². The molecule has 0 unspecified atom stereocenters. The van der Waals surface area contributed by atoms with Crippen LogP contribution in [0.5, 0.6) is 0 Å². The molecule has 0 spiro atoms. The van der Waals surface area contributed by atoms with E-state index in [1.54, 1.807) is 30.0 Å². The van der Waals surface area contributed by atoms with E-state index in [0.717, 1.165) is 28.3 Å². The molecule has 7 aromatic carbocycles. The third-order valence-corrected chi connectivity index (χ3v) is 15.5. The molecular formula is C85H118ClF2NS. The van der Waals surface area contributed by atoms with Crippen LogP contribution in [-0.2, 0) is 49.7 Å². The Kier molecular flexibility index (Phi) is 33.5. The zero-order valence-electron chi connectivity index (χ0n) is 61.0. The quantitative estimate of drug-likeness (QED) is 0.164. The first-order valence-electron chi connectivity index (χ1n) is 32.0. The Bertz CT molecular complexity index is 3130. The second-order valence-corrected chi connectivity index (χ2v) is 32.5. The minimum absolute atomic E-state index is 0.0437. The molecule has 0 aliphatic carbocycles. The summed E-state index contributed by atoms with van der Waals surface area (Å²) >= 11 is 7.65. The predicted octanol–water partition coefficient (Wildman–Crippen LogP) is 26.4. The largest absolute Gasteiger partial charge is 0.261 e. The average molecular weight is 1260 g/mol. The Labute approximate surface area is 559 Å². The molecule has 5 heteroatoms. The molecule has 1 nitrogen and oxygen atoms in total. The minimum Gasteiger partial charge on any atom is -0.261 e. The lowest BCUT2D eigenvalue weighted by molar-refractivity contribution is 0.523. The third kappa shape index (κ3) is 33.3. The molecule has 0 aliphatic heterocycles. The third-order valence-electron chi connectivity index (χ3n) is 14.5. The second kappa shape index (κ2) is 36.8. The molecule has 0 atom stereocenters. The van der Waals surface area contributed by atoms with Gasteiger partial charge in [0.05, 0.1) is 0 Å². The molecule has 490 valence electrons. The highest BCUT2D eigenvalue weighted by Crippen LogP contribution is 2.29. The number of nitrogens with zero attached hydrogens (tertiary/aromatic N) is 1. The highest BCUT2D eigenvalue weighted by Gasteiger charge is 2.19. The lowest BCUT2D eigenvalue weighted by Gasteiger charge is -2.19. The molecule has 1 heterocycles. The normalized spacial score (nSPS) is 11.6. The van der Waals surface area contributed by atoms with Gasteiger partial charge in [-0.3, -0.25) is 4.98 Å². The SMILES string of the molecule is C=Cc1cccc(C(C)(C)C)c1.CC(C)(C)c1cccc(Cl)c1.CC(C)(C)c1cccc(F)c1.CC(C)(C)c1ccccc1F.CC(C)(C)c1ccccn1.CCc1cccc(C(C)(C)C)c1.CSc1cccc(C(C)(C)C)c1.Cc1cccc(C(C)(C)C)c1. The van der Waals surface area contributed by atoms with E-state index in [1.165, 1.54) is 61.5 Å². The van der Waals surface area contributed by atoms with Crippen molar-refractivity contribution in [3.05, 3.63) is 279 Å². The first kappa shape index (κ1) is 81.9. The lowest BCUT2D eigenvalue weighted by atomic mass is 9.86. The van der Waals surface area contributed by atoms with Crippen LogP contribution in [0, 0.1) is 18.6 Å². The summed E-state index contributed by atoms with van der Waals surface area (Å²) < 4.78 is 25.8. The van der Waals surface area contributed by atoms with Crippen LogP contribution in [0.2, 0.25) is 5.02 Å². The lowest BCUT2D eigenvalue weighted by Crippen LogP contribution is -2.12. The van der Waals surface area contributed by atoms with Crippen LogP contribution in [0.25, 0.3) is 6.08 Å². The molecule has 0 N–H and O–H groups in total. The number of aromatic nitrogens is 1. The molecule has 8 aromatic rings. The van der Waals surface area contributed by atoms with Crippen molar-refractivity contribution in [2.45, 2.75) is 235 Å². The van der Waals surface area contributed by atoms with Crippen molar-refractivity contribution in [2.24, 2.45) is 0 Å². The van der Waals surface area contributed by atoms with Gasteiger partial charge >= 0.3 is 0 Å². The van der Waals surface area contributed by atoms with Gasteiger partial charge in [-0.25, -0.2) is 8.78 Å². The van der Waals surface area contributed by atoms with Crippen molar-refractivity contribution < 1.29 is 8.78 Å². The maximum Gasteiger partial charge on any atom is 0.126 e. The van der Waals surface area contributed by atoms with Crippen LogP contribution in [0.4, 0.5) is 8.78 Å². The fourth-order valence-corrected chi connectivity index (χ4v) is 9.03. The van der Waals surface area contributed by atoms with Crippen LogP contribution < -0.4 is 0 Å². The maximum atomic E-state index is 13.1. The molecule has 0 radical (unpaired) electrons. The van der Waals surface area contributed by atoms with Gasteiger partial charge in [-0.1, -0.05) is 336 Å². The van der Waals surface area contributed by atoms with Gasteiger partial charge in [0.1, 0.15) is 11.6 Å². The van der Waals surface area contributed by atoms with Crippen molar-refractivity contribution in [1.29, 1.82) is 0 Å². The number of aryl methyl sites for hydroxylation is 2. The van der Waals surface area contributed by atoms with Crippen LogP contribution in [0.1, 0.15) is 234 Å². The van der Waals surface area contributed by atoms with E-state index in [0.29, 0.717) is 0 Å². The zero-order valence-corrected chi connectivity index (χ0v) is 62.5. The Morgan fingerprint density at radius 3 is 1.18 bits per heavy atom. The number of hydrogen-bond donors (Lipinski definition) is 0. The topological polar surface area (TPSA) is 12.9 Å². The van der Waals surface area contributed by atoms with E-state index >= 15 is 0 Å². The minimum atomic E-state index is -0.155. The van der Waals surface area contributed by atoms with Crippen LogP contribution in [0.15, 0.2) is 206 Å². The first-order chi connectivity index (χ1) is 41.2. The van der Waals surface area contributed by atoms with Gasteiger partial charge in [0.2, 0.25) is 0 Å². The molecule has 0 bridgehead atoms. The summed E-state index contributed by atoms with van der Waals surface area (Å²) in [5, 5.41) is 0.817. The molecule has 1 aromatic heterocycles. The summed E-state index contributed by atoms with van der Waals surface area (Å²) in [5.74, 6) is -0.266. The second-order valence-electron chi connectivity index (χ2n) is 31.2. The van der Waals surface area contributed by atoms with Crippen LogP contribution >= 0.6 is 23.4 Å². The van der Waals surface area contributed by atoms with E-state index in [1.807, 2.05) is 81.6 Å². The summed E-state index contributed by atoms with van der Waals surface area (Å²) in [6.07, 6.45) is 6.96. The fraction of sp³-hybridized carbons (Fsp3) is 0.424. The Morgan fingerprint density at radius 2 is 0.822 bits per heavy atom. The summed E-state index contributed by atoms with van der Waals surface area (Å²) in [6.45, 7) is 60.2. The van der Waals surface area contributed by atoms with Gasteiger partial charge < -0.3 is 0 Å². The van der Waals surface area contributed by atoms with Crippen molar-refractivity contribution in [3.63, 3.8) is 0 Å². The zero-order chi connectivity index (χ0) is 69.1. The maximum absolute atomic E-state index is 13.1. The predicted molar refractivity (Wildman–Crippen MR) is 400 cm³/mol.